The smallest absolute Gasteiger partial charge is 0.251 e. The fourth-order valence-corrected chi connectivity index (χ4v) is 2.64. The second-order valence-electron chi connectivity index (χ2n) is 4.88. The number of carbonyl (C=O) groups is 1. The Kier molecular flexibility index (Phi) is 4.04. The van der Waals surface area contributed by atoms with Crippen LogP contribution in [0.2, 0.25) is 0 Å². The van der Waals surface area contributed by atoms with Crippen LogP contribution in [0.4, 0.5) is 5.13 Å². The molecule has 0 spiro atoms. The zero-order valence-electron chi connectivity index (χ0n) is 11.4. The van der Waals surface area contributed by atoms with E-state index in [1.807, 2.05) is 19.1 Å². The average molecular weight is 277 g/mol. The van der Waals surface area contributed by atoms with Crippen molar-refractivity contribution in [3.05, 3.63) is 23.8 Å². The van der Waals surface area contributed by atoms with Gasteiger partial charge in [-0.3, -0.25) is 4.79 Å². The maximum absolute atomic E-state index is 12.2. The van der Waals surface area contributed by atoms with Crippen LogP contribution in [0.1, 0.15) is 37.6 Å². The number of anilines is 1. The van der Waals surface area contributed by atoms with Gasteiger partial charge in [0.05, 0.1) is 10.2 Å². The van der Waals surface area contributed by atoms with Gasteiger partial charge in [0.1, 0.15) is 0 Å². The highest BCUT2D eigenvalue weighted by Gasteiger charge is 2.15. The highest BCUT2D eigenvalue weighted by molar-refractivity contribution is 7.22. The van der Waals surface area contributed by atoms with Gasteiger partial charge in [-0.05, 0) is 31.0 Å². The minimum absolute atomic E-state index is 0.0401. The molecule has 3 N–H and O–H groups in total. The Balaban J connectivity index is 2.17. The number of amides is 1. The van der Waals surface area contributed by atoms with Gasteiger partial charge < -0.3 is 11.1 Å². The minimum atomic E-state index is -0.0401. The number of nitrogen functional groups attached to an aromatic ring is 1. The van der Waals surface area contributed by atoms with Crippen LogP contribution >= 0.6 is 11.3 Å². The van der Waals surface area contributed by atoms with Gasteiger partial charge in [0.15, 0.2) is 5.13 Å². The van der Waals surface area contributed by atoms with E-state index in [1.54, 1.807) is 6.07 Å². The molecule has 0 saturated carbocycles. The van der Waals surface area contributed by atoms with Crippen molar-refractivity contribution in [1.29, 1.82) is 0 Å². The molecule has 2 aromatic rings. The van der Waals surface area contributed by atoms with Gasteiger partial charge in [-0.1, -0.05) is 31.6 Å². The molecule has 0 fully saturated rings. The van der Waals surface area contributed by atoms with Crippen LogP contribution in [0.15, 0.2) is 18.2 Å². The first-order valence-electron chi connectivity index (χ1n) is 6.48. The molecule has 0 aliphatic heterocycles. The van der Waals surface area contributed by atoms with Crippen LogP contribution in [0, 0.1) is 5.92 Å². The Bertz CT molecular complexity index is 593. The third-order valence-corrected chi connectivity index (χ3v) is 4.37. The summed E-state index contributed by atoms with van der Waals surface area (Å²) in [4.78, 5) is 16.3. The molecule has 1 aromatic carbocycles. The van der Waals surface area contributed by atoms with Crippen molar-refractivity contribution in [2.45, 2.75) is 33.2 Å². The van der Waals surface area contributed by atoms with E-state index in [0.29, 0.717) is 16.6 Å². The first kappa shape index (κ1) is 13.8. The molecule has 1 aromatic heterocycles. The summed E-state index contributed by atoms with van der Waals surface area (Å²) in [6, 6.07) is 5.65. The lowest BCUT2D eigenvalue weighted by molar-refractivity contribution is 0.0928. The zero-order chi connectivity index (χ0) is 14.0. The first-order valence-corrected chi connectivity index (χ1v) is 7.29. The van der Waals surface area contributed by atoms with Crippen molar-refractivity contribution in [1.82, 2.24) is 10.3 Å². The normalized spacial score (nSPS) is 14.3. The second kappa shape index (κ2) is 5.57. The molecule has 19 heavy (non-hydrogen) atoms. The maximum atomic E-state index is 12.2. The summed E-state index contributed by atoms with van der Waals surface area (Å²) in [6.07, 6.45) is 1.05. The summed E-state index contributed by atoms with van der Waals surface area (Å²) in [7, 11) is 0. The van der Waals surface area contributed by atoms with E-state index in [2.05, 4.69) is 24.1 Å². The second-order valence-corrected chi connectivity index (χ2v) is 5.94. The van der Waals surface area contributed by atoms with E-state index in [1.165, 1.54) is 11.3 Å². The van der Waals surface area contributed by atoms with Gasteiger partial charge >= 0.3 is 0 Å². The lowest BCUT2D eigenvalue weighted by Crippen LogP contribution is -2.36. The van der Waals surface area contributed by atoms with E-state index < -0.39 is 0 Å². The Morgan fingerprint density at radius 3 is 2.89 bits per heavy atom. The molecule has 2 unspecified atom stereocenters. The van der Waals surface area contributed by atoms with Crippen LogP contribution in [-0.4, -0.2) is 16.9 Å². The largest absolute Gasteiger partial charge is 0.375 e. The van der Waals surface area contributed by atoms with Crippen molar-refractivity contribution in [2.24, 2.45) is 5.92 Å². The molecule has 2 rings (SSSR count). The van der Waals surface area contributed by atoms with E-state index >= 15 is 0 Å². The topological polar surface area (TPSA) is 68.0 Å². The molecule has 5 heteroatoms. The number of nitrogens with zero attached hydrogens (tertiary/aromatic N) is 1. The summed E-state index contributed by atoms with van der Waals surface area (Å²) >= 11 is 1.40. The summed E-state index contributed by atoms with van der Waals surface area (Å²) in [5.74, 6) is 0.424. The van der Waals surface area contributed by atoms with E-state index in [9.17, 15) is 4.79 Å². The lowest BCUT2D eigenvalue weighted by atomic mass is 10.0. The van der Waals surface area contributed by atoms with Crippen molar-refractivity contribution in [2.75, 3.05) is 5.73 Å². The highest BCUT2D eigenvalue weighted by Crippen LogP contribution is 2.24. The molecule has 0 bridgehead atoms. The molecular formula is C14H19N3OS. The van der Waals surface area contributed by atoms with Gasteiger partial charge in [-0.15, -0.1) is 0 Å². The number of carbonyl (C=O) groups excluding carboxylic acids is 1. The quantitative estimate of drug-likeness (QED) is 0.902. The van der Waals surface area contributed by atoms with E-state index in [-0.39, 0.29) is 11.9 Å². The number of nitrogens with two attached hydrogens (primary N) is 1. The summed E-state index contributed by atoms with van der Waals surface area (Å²) in [5, 5.41) is 3.56. The Morgan fingerprint density at radius 1 is 1.47 bits per heavy atom. The fourth-order valence-electron chi connectivity index (χ4n) is 1.87. The number of aromatic nitrogens is 1. The van der Waals surface area contributed by atoms with Crippen LogP contribution in [0.5, 0.6) is 0 Å². The van der Waals surface area contributed by atoms with Gasteiger partial charge in [0.2, 0.25) is 0 Å². The minimum Gasteiger partial charge on any atom is -0.375 e. The Hall–Kier alpha value is -1.62. The number of benzene rings is 1. The molecule has 4 nitrogen and oxygen atoms in total. The fraction of sp³-hybridized carbons (Fsp3) is 0.429. The third-order valence-electron chi connectivity index (χ3n) is 3.52. The van der Waals surface area contributed by atoms with Gasteiger partial charge in [0.25, 0.3) is 5.91 Å². The van der Waals surface area contributed by atoms with Crippen molar-refractivity contribution >= 4 is 32.6 Å². The highest BCUT2D eigenvalue weighted by atomic mass is 32.1. The number of hydrogen-bond donors (Lipinski definition) is 2. The average Bonchev–Trinajstić information content (AvgIpc) is 2.76. The van der Waals surface area contributed by atoms with Crippen molar-refractivity contribution in [3.63, 3.8) is 0 Å². The van der Waals surface area contributed by atoms with Crippen molar-refractivity contribution < 1.29 is 4.79 Å². The molecule has 0 radical (unpaired) electrons. The number of nitrogens with one attached hydrogen (secondary N) is 1. The Labute approximate surface area is 117 Å². The van der Waals surface area contributed by atoms with Crippen LogP contribution < -0.4 is 11.1 Å². The number of thiazole rings is 1. The summed E-state index contributed by atoms with van der Waals surface area (Å²) in [6.45, 7) is 6.30. The molecule has 102 valence electrons. The van der Waals surface area contributed by atoms with Gasteiger partial charge in [0, 0.05) is 11.6 Å². The molecule has 2 atom stereocenters. The predicted octanol–water partition coefficient (Wildman–Crippen LogP) is 3.04. The van der Waals surface area contributed by atoms with Crippen LogP contribution in [0.25, 0.3) is 10.2 Å². The number of rotatable bonds is 4. The van der Waals surface area contributed by atoms with Gasteiger partial charge in [-0.2, -0.15) is 0 Å². The predicted molar refractivity (Wildman–Crippen MR) is 80.4 cm³/mol. The summed E-state index contributed by atoms with van der Waals surface area (Å²) < 4.78 is 0.946. The first-order chi connectivity index (χ1) is 9.01. The molecule has 0 aliphatic carbocycles. The lowest BCUT2D eigenvalue weighted by Gasteiger charge is -2.19. The van der Waals surface area contributed by atoms with E-state index in [0.717, 1.165) is 16.6 Å². The van der Waals surface area contributed by atoms with E-state index in [4.69, 9.17) is 5.73 Å². The number of fused-ring (bicyclic) bond motifs is 1. The van der Waals surface area contributed by atoms with Gasteiger partial charge in [-0.25, -0.2) is 4.98 Å². The molecule has 1 heterocycles. The molecule has 0 aliphatic rings. The molecule has 0 saturated heterocycles. The van der Waals surface area contributed by atoms with Crippen molar-refractivity contribution in [3.8, 4) is 0 Å². The van der Waals surface area contributed by atoms with Crippen LogP contribution in [0.3, 0.4) is 0 Å². The monoisotopic (exact) mass is 277 g/mol. The molecular weight excluding hydrogens is 258 g/mol. The maximum Gasteiger partial charge on any atom is 0.251 e. The SMILES string of the molecule is CCC(C)C(C)NC(=O)c1ccc2nc(N)sc2c1. The summed E-state index contributed by atoms with van der Waals surface area (Å²) in [5.41, 5.74) is 7.16. The third kappa shape index (κ3) is 3.04. The molecule has 1 amide bonds. The standard InChI is InChI=1S/C14H19N3OS/c1-4-8(2)9(3)16-13(18)10-5-6-11-12(7-10)19-14(15)17-11/h5-9H,4H2,1-3H3,(H2,15,17)(H,16,18). The number of hydrogen-bond acceptors (Lipinski definition) is 4. The van der Waals surface area contributed by atoms with Crippen LogP contribution in [-0.2, 0) is 0 Å². The zero-order valence-corrected chi connectivity index (χ0v) is 12.3. The Morgan fingerprint density at radius 2 is 2.21 bits per heavy atom.